The molecular formula is C18H22FN5O. The number of amides is 2. The monoisotopic (exact) mass is 343 g/mol. The maximum Gasteiger partial charge on any atom is 0.322 e. The molecule has 1 aromatic carbocycles. The maximum absolute atomic E-state index is 14.2. The van der Waals surface area contributed by atoms with E-state index in [-0.39, 0.29) is 17.9 Å². The summed E-state index contributed by atoms with van der Waals surface area (Å²) < 4.78 is 15.9. The van der Waals surface area contributed by atoms with E-state index in [0.29, 0.717) is 12.2 Å². The smallest absolute Gasteiger partial charge is 0.322 e. The molecule has 0 unspecified atom stereocenters. The predicted octanol–water partition coefficient (Wildman–Crippen LogP) is 2.88. The van der Waals surface area contributed by atoms with Crippen molar-refractivity contribution in [1.29, 1.82) is 0 Å². The molecular weight excluding hydrogens is 321 g/mol. The van der Waals surface area contributed by atoms with Gasteiger partial charge in [0, 0.05) is 32.4 Å². The molecule has 4 rings (SSSR count). The fraction of sp³-hybridized carbons (Fsp3) is 0.444. The summed E-state index contributed by atoms with van der Waals surface area (Å²) in [6.07, 6.45) is 3.47. The highest BCUT2D eigenvalue weighted by molar-refractivity contribution is 5.92. The Labute approximate surface area is 146 Å². The van der Waals surface area contributed by atoms with Crippen LogP contribution in [0.2, 0.25) is 0 Å². The van der Waals surface area contributed by atoms with Crippen molar-refractivity contribution < 1.29 is 9.18 Å². The molecule has 0 bridgehead atoms. The Morgan fingerprint density at radius 3 is 2.76 bits per heavy atom. The van der Waals surface area contributed by atoms with Gasteiger partial charge in [0.25, 0.3) is 0 Å². The van der Waals surface area contributed by atoms with E-state index in [1.54, 1.807) is 10.7 Å². The van der Waals surface area contributed by atoms with Crippen LogP contribution in [0.4, 0.5) is 20.6 Å². The molecule has 6 nitrogen and oxygen atoms in total. The van der Waals surface area contributed by atoms with Crippen molar-refractivity contribution in [3.05, 3.63) is 41.5 Å². The van der Waals surface area contributed by atoms with E-state index in [2.05, 4.69) is 15.3 Å². The van der Waals surface area contributed by atoms with Crippen LogP contribution in [0, 0.1) is 12.7 Å². The van der Waals surface area contributed by atoms with E-state index in [0.717, 1.165) is 42.9 Å². The van der Waals surface area contributed by atoms with Gasteiger partial charge in [-0.15, -0.1) is 0 Å². The van der Waals surface area contributed by atoms with Crippen molar-refractivity contribution >= 4 is 17.4 Å². The molecule has 1 aromatic heterocycles. The largest absolute Gasteiger partial charge is 0.369 e. The number of nitrogens with one attached hydrogen (secondary N) is 1. The van der Waals surface area contributed by atoms with E-state index < -0.39 is 0 Å². The number of aromatic nitrogens is 2. The van der Waals surface area contributed by atoms with Crippen molar-refractivity contribution in [2.45, 2.75) is 32.4 Å². The number of rotatable bonds is 2. The zero-order chi connectivity index (χ0) is 17.6. The van der Waals surface area contributed by atoms with Gasteiger partial charge in [0.2, 0.25) is 0 Å². The molecule has 1 saturated heterocycles. The second-order valence-electron chi connectivity index (χ2n) is 6.84. The van der Waals surface area contributed by atoms with Gasteiger partial charge in [-0.25, -0.2) is 9.18 Å². The van der Waals surface area contributed by atoms with Gasteiger partial charge in [-0.05, 0) is 31.4 Å². The number of carbonyl (C=O) groups is 1. The molecule has 0 spiro atoms. The number of benzene rings is 1. The highest BCUT2D eigenvalue weighted by Crippen LogP contribution is 2.30. The molecule has 2 aromatic rings. The number of halogens is 1. The Hall–Kier alpha value is -2.57. The zero-order valence-electron chi connectivity index (χ0n) is 14.5. The number of hydrogen-bond acceptors (Lipinski definition) is 3. The fourth-order valence-electron chi connectivity index (χ4n) is 3.90. The first-order valence-corrected chi connectivity index (χ1v) is 8.63. The van der Waals surface area contributed by atoms with Gasteiger partial charge in [0.15, 0.2) is 0 Å². The van der Waals surface area contributed by atoms with E-state index in [1.807, 2.05) is 31.1 Å². The Bertz CT molecular complexity index is 790. The van der Waals surface area contributed by atoms with Crippen LogP contribution in [-0.4, -0.2) is 39.8 Å². The van der Waals surface area contributed by atoms with Crippen LogP contribution < -0.4 is 10.2 Å². The number of fused-ring (bicyclic) bond motifs is 1. The summed E-state index contributed by atoms with van der Waals surface area (Å²) >= 11 is 0. The van der Waals surface area contributed by atoms with Gasteiger partial charge in [-0.1, -0.05) is 12.1 Å². The summed E-state index contributed by atoms with van der Waals surface area (Å²) in [6, 6.07) is 5.27. The molecule has 132 valence electrons. The summed E-state index contributed by atoms with van der Waals surface area (Å²) in [4.78, 5) is 16.4. The van der Waals surface area contributed by atoms with Gasteiger partial charge >= 0.3 is 6.03 Å². The second-order valence-corrected chi connectivity index (χ2v) is 6.84. The molecule has 7 heteroatoms. The molecule has 1 N–H and O–H groups in total. The van der Waals surface area contributed by atoms with E-state index in [4.69, 9.17) is 0 Å². The number of urea groups is 1. The van der Waals surface area contributed by atoms with E-state index in [9.17, 15) is 9.18 Å². The van der Waals surface area contributed by atoms with Gasteiger partial charge in [-0.3, -0.25) is 4.68 Å². The first kappa shape index (κ1) is 15.9. The third kappa shape index (κ3) is 2.83. The lowest BCUT2D eigenvalue weighted by Crippen LogP contribution is -2.50. The van der Waals surface area contributed by atoms with Crippen LogP contribution >= 0.6 is 0 Å². The normalized spacial score (nSPS) is 18.3. The first-order chi connectivity index (χ1) is 12.0. The van der Waals surface area contributed by atoms with Crippen LogP contribution in [0.3, 0.4) is 0 Å². The van der Waals surface area contributed by atoms with Crippen LogP contribution in [-0.2, 0) is 13.6 Å². The summed E-state index contributed by atoms with van der Waals surface area (Å²) in [7, 11) is 1.85. The third-order valence-corrected chi connectivity index (χ3v) is 5.14. The van der Waals surface area contributed by atoms with Gasteiger partial charge in [0.05, 0.1) is 17.9 Å². The minimum atomic E-state index is -0.174. The second kappa shape index (κ2) is 6.06. The maximum atomic E-state index is 14.2. The Morgan fingerprint density at radius 1 is 1.28 bits per heavy atom. The molecule has 3 heterocycles. The predicted molar refractivity (Wildman–Crippen MR) is 94.1 cm³/mol. The van der Waals surface area contributed by atoms with Crippen molar-refractivity contribution in [3.63, 3.8) is 0 Å². The highest BCUT2D eigenvalue weighted by Gasteiger charge is 2.33. The first-order valence-electron chi connectivity index (χ1n) is 8.63. The SMILES string of the molecule is Cc1cccc(F)c1N1CCC(N2Cc3nn(C)cc3NC2=O)CC1. The molecule has 2 aliphatic rings. The van der Waals surface area contributed by atoms with E-state index >= 15 is 0 Å². The summed E-state index contributed by atoms with van der Waals surface area (Å²) in [6.45, 7) is 3.95. The number of hydrogen-bond donors (Lipinski definition) is 1. The standard InChI is InChI=1S/C18H22FN5O/c1-12-4-3-5-14(19)17(12)23-8-6-13(7-9-23)24-11-16-15(20-18(24)25)10-22(2)21-16/h3-5,10,13H,6-9,11H2,1-2H3,(H,20,25). The number of carbonyl (C=O) groups excluding carboxylic acids is 1. The fourth-order valence-corrected chi connectivity index (χ4v) is 3.90. The minimum absolute atomic E-state index is 0.0685. The molecule has 0 radical (unpaired) electrons. The number of aryl methyl sites for hydroxylation is 2. The molecule has 1 fully saturated rings. The quantitative estimate of drug-likeness (QED) is 0.912. The summed E-state index contributed by atoms with van der Waals surface area (Å²) in [5, 5.41) is 7.34. The Balaban J connectivity index is 1.46. The van der Waals surface area contributed by atoms with Crippen LogP contribution in [0.25, 0.3) is 0 Å². The lowest BCUT2D eigenvalue weighted by Gasteiger charge is -2.40. The molecule has 2 amide bonds. The highest BCUT2D eigenvalue weighted by atomic mass is 19.1. The lowest BCUT2D eigenvalue weighted by molar-refractivity contribution is 0.166. The molecule has 2 aliphatic heterocycles. The summed E-state index contributed by atoms with van der Waals surface area (Å²) in [5.74, 6) is -0.174. The molecule has 0 aliphatic carbocycles. The van der Waals surface area contributed by atoms with Crippen LogP contribution in [0.1, 0.15) is 24.1 Å². The number of nitrogens with zero attached hydrogens (tertiary/aromatic N) is 4. The Kier molecular flexibility index (Phi) is 3.86. The lowest BCUT2D eigenvalue weighted by atomic mass is 10.0. The number of piperidine rings is 1. The number of para-hydroxylation sites is 1. The van der Waals surface area contributed by atoms with Gasteiger partial charge in [0.1, 0.15) is 11.5 Å². The van der Waals surface area contributed by atoms with Crippen LogP contribution in [0.5, 0.6) is 0 Å². The minimum Gasteiger partial charge on any atom is -0.369 e. The van der Waals surface area contributed by atoms with Crippen LogP contribution in [0.15, 0.2) is 24.4 Å². The van der Waals surface area contributed by atoms with Gasteiger partial charge < -0.3 is 15.1 Å². The Morgan fingerprint density at radius 2 is 2.04 bits per heavy atom. The molecule has 0 saturated carbocycles. The average Bonchev–Trinajstić information content (AvgIpc) is 2.93. The summed E-state index contributed by atoms with van der Waals surface area (Å²) in [5.41, 5.74) is 3.33. The molecule has 0 atom stereocenters. The van der Waals surface area contributed by atoms with Crippen molar-refractivity contribution in [2.24, 2.45) is 7.05 Å². The van der Waals surface area contributed by atoms with Crippen molar-refractivity contribution in [2.75, 3.05) is 23.3 Å². The van der Waals surface area contributed by atoms with Crippen molar-refractivity contribution in [3.8, 4) is 0 Å². The number of anilines is 2. The average molecular weight is 343 g/mol. The molecule has 25 heavy (non-hydrogen) atoms. The zero-order valence-corrected chi connectivity index (χ0v) is 14.5. The topological polar surface area (TPSA) is 53.4 Å². The van der Waals surface area contributed by atoms with E-state index in [1.165, 1.54) is 6.07 Å². The third-order valence-electron chi connectivity index (χ3n) is 5.14. The van der Waals surface area contributed by atoms with Crippen molar-refractivity contribution in [1.82, 2.24) is 14.7 Å². The van der Waals surface area contributed by atoms with Gasteiger partial charge in [-0.2, -0.15) is 5.10 Å².